The van der Waals surface area contributed by atoms with Crippen LogP contribution in [0.5, 0.6) is 5.75 Å². The van der Waals surface area contributed by atoms with Gasteiger partial charge in [0, 0.05) is 16.9 Å². The maximum Gasteiger partial charge on any atom is 0.250 e. The third-order valence-corrected chi connectivity index (χ3v) is 4.00. The Balaban J connectivity index is 1.58. The lowest BCUT2D eigenvalue weighted by Crippen LogP contribution is -2.07. The molecule has 0 radical (unpaired) electrons. The number of phenolic OH excluding ortho intramolecular Hbond substituents is 1. The lowest BCUT2D eigenvalue weighted by atomic mass is 10.2. The van der Waals surface area contributed by atoms with Crippen molar-refractivity contribution in [2.45, 2.75) is 0 Å². The van der Waals surface area contributed by atoms with Crippen LogP contribution < -0.4 is 16.1 Å². The summed E-state index contributed by atoms with van der Waals surface area (Å²) >= 11 is 0. The molecule has 4 rings (SSSR count). The Morgan fingerprint density at radius 1 is 0.633 bits per heavy atom. The zero-order valence-corrected chi connectivity index (χ0v) is 15.9. The normalized spacial score (nSPS) is 10.7. The van der Waals surface area contributed by atoms with Crippen molar-refractivity contribution in [3.8, 4) is 5.75 Å². The van der Waals surface area contributed by atoms with E-state index in [0.717, 1.165) is 11.4 Å². The molecule has 8 heteroatoms. The second-order valence-electron chi connectivity index (χ2n) is 6.22. The molecule has 3 aromatic carbocycles. The van der Waals surface area contributed by atoms with E-state index in [4.69, 9.17) is 0 Å². The Morgan fingerprint density at radius 3 is 1.70 bits per heavy atom. The molecule has 0 spiro atoms. The van der Waals surface area contributed by atoms with Gasteiger partial charge in [-0.2, -0.15) is 20.1 Å². The molecule has 0 saturated carbocycles. The maximum atomic E-state index is 9.84. The zero-order chi connectivity index (χ0) is 20.6. The fourth-order valence-electron chi connectivity index (χ4n) is 2.60. The molecule has 4 aromatic rings. The van der Waals surface area contributed by atoms with Crippen LogP contribution in [0.3, 0.4) is 0 Å². The molecule has 0 aliphatic heterocycles. The lowest BCUT2D eigenvalue weighted by molar-refractivity contribution is 0.474. The molecule has 0 bridgehead atoms. The highest BCUT2D eigenvalue weighted by molar-refractivity contribution is 5.83. The Labute approximate surface area is 173 Å². The predicted molar refractivity (Wildman–Crippen MR) is 119 cm³/mol. The van der Waals surface area contributed by atoms with E-state index in [-0.39, 0.29) is 11.7 Å². The van der Waals surface area contributed by atoms with Crippen LogP contribution in [-0.2, 0) is 0 Å². The molecule has 8 nitrogen and oxygen atoms in total. The number of hydrazone groups is 1. The largest absolute Gasteiger partial charge is 0.507 e. The summed E-state index contributed by atoms with van der Waals surface area (Å²) < 4.78 is 0. The van der Waals surface area contributed by atoms with Gasteiger partial charge < -0.3 is 15.7 Å². The molecular weight excluding hydrogens is 378 g/mol. The third-order valence-electron chi connectivity index (χ3n) is 4.00. The van der Waals surface area contributed by atoms with Gasteiger partial charge in [0.2, 0.25) is 17.8 Å². The summed E-state index contributed by atoms with van der Waals surface area (Å²) in [5.41, 5.74) is 5.05. The van der Waals surface area contributed by atoms with Crippen molar-refractivity contribution in [3.05, 3.63) is 90.5 Å². The standard InChI is InChI=1S/C22H19N7O/c30-19-14-8-7-9-16(19)15-23-29-22-27-20(24-17-10-3-1-4-11-17)26-21(28-22)25-18-12-5-2-6-13-18/h1-15,30H,(H3,24,25,26,27,28,29)/b23-15-. The Morgan fingerprint density at radius 2 is 1.13 bits per heavy atom. The lowest BCUT2D eigenvalue weighted by Gasteiger charge is -2.10. The summed E-state index contributed by atoms with van der Waals surface area (Å²) in [6.07, 6.45) is 1.49. The second kappa shape index (κ2) is 9.16. The number of phenols is 1. The number of nitrogens with zero attached hydrogens (tertiary/aromatic N) is 4. The summed E-state index contributed by atoms with van der Waals surface area (Å²) in [6, 6.07) is 26.1. The van der Waals surface area contributed by atoms with E-state index in [2.05, 4.69) is 36.1 Å². The summed E-state index contributed by atoms with van der Waals surface area (Å²) in [5.74, 6) is 1.09. The molecule has 0 amide bonds. The van der Waals surface area contributed by atoms with E-state index in [1.165, 1.54) is 6.21 Å². The van der Waals surface area contributed by atoms with Gasteiger partial charge in [-0.1, -0.05) is 48.5 Å². The van der Waals surface area contributed by atoms with Crippen molar-refractivity contribution in [3.63, 3.8) is 0 Å². The van der Waals surface area contributed by atoms with E-state index in [0.29, 0.717) is 17.5 Å². The quantitative estimate of drug-likeness (QED) is 0.268. The molecule has 0 aliphatic carbocycles. The highest BCUT2D eigenvalue weighted by Crippen LogP contribution is 2.18. The highest BCUT2D eigenvalue weighted by Gasteiger charge is 2.07. The number of aromatic hydroxyl groups is 1. The van der Waals surface area contributed by atoms with Crippen LogP contribution in [0.25, 0.3) is 0 Å². The van der Waals surface area contributed by atoms with Crippen molar-refractivity contribution in [1.29, 1.82) is 0 Å². The number of rotatable bonds is 7. The average molecular weight is 397 g/mol. The molecule has 4 N–H and O–H groups in total. The van der Waals surface area contributed by atoms with Gasteiger partial charge in [0.25, 0.3) is 0 Å². The number of nitrogens with one attached hydrogen (secondary N) is 3. The first-order chi connectivity index (χ1) is 14.8. The molecule has 148 valence electrons. The molecule has 0 atom stereocenters. The fourth-order valence-corrected chi connectivity index (χ4v) is 2.60. The predicted octanol–water partition coefficient (Wildman–Crippen LogP) is 4.51. The molecular formula is C22H19N7O. The van der Waals surface area contributed by atoms with Crippen molar-refractivity contribution in [2.24, 2.45) is 5.10 Å². The summed E-state index contributed by atoms with van der Waals surface area (Å²) in [5, 5.41) is 20.3. The summed E-state index contributed by atoms with van der Waals surface area (Å²) in [7, 11) is 0. The van der Waals surface area contributed by atoms with Crippen molar-refractivity contribution >= 4 is 35.4 Å². The number of anilines is 5. The number of hydrogen-bond acceptors (Lipinski definition) is 8. The van der Waals surface area contributed by atoms with Crippen LogP contribution in [0.1, 0.15) is 5.56 Å². The van der Waals surface area contributed by atoms with Gasteiger partial charge in [-0.05, 0) is 36.4 Å². The van der Waals surface area contributed by atoms with Crippen LogP contribution >= 0.6 is 0 Å². The molecule has 30 heavy (non-hydrogen) atoms. The van der Waals surface area contributed by atoms with Crippen molar-refractivity contribution in [2.75, 3.05) is 16.1 Å². The Bertz CT molecular complexity index is 1070. The number of aromatic nitrogens is 3. The SMILES string of the molecule is Oc1ccccc1/C=N\Nc1nc(Nc2ccccc2)nc(Nc2ccccc2)n1. The van der Waals surface area contributed by atoms with Crippen LogP contribution in [0.2, 0.25) is 0 Å². The van der Waals surface area contributed by atoms with E-state index in [1.54, 1.807) is 18.2 Å². The first-order valence-electron chi connectivity index (χ1n) is 9.23. The molecule has 1 heterocycles. The van der Waals surface area contributed by atoms with Crippen LogP contribution in [-0.4, -0.2) is 26.3 Å². The van der Waals surface area contributed by atoms with E-state index >= 15 is 0 Å². The smallest absolute Gasteiger partial charge is 0.250 e. The molecule has 0 fully saturated rings. The van der Waals surface area contributed by atoms with Crippen LogP contribution in [0.4, 0.5) is 29.2 Å². The molecule has 1 aromatic heterocycles. The fraction of sp³-hybridized carbons (Fsp3) is 0. The average Bonchev–Trinajstić information content (AvgIpc) is 2.76. The third kappa shape index (κ3) is 5.08. The van der Waals surface area contributed by atoms with Crippen molar-refractivity contribution in [1.82, 2.24) is 15.0 Å². The Hall–Kier alpha value is -4.46. The number of benzene rings is 3. The summed E-state index contributed by atoms with van der Waals surface area (Å²) in [4.78, 5) is 13.2. The molecule has 0 saturated heterocycles. The van der Waals surface area contributed by atoms with E-state index in [9.17, 15) is 5.11 Å². The van der Waals surface area contributed by atoms with Gasteiger partial charge in [-0.25, -0.2) is 5.43 Å². The molecule has 0 aliphatic rings. The van der Waals surface area contributed by atoms with Crippen LogP contribution in [0, 0.1) is 0 Å². The minimum Gasteiger partial charge on any atom is -0.507 e. The van der Waals surface area contributed by atoms with Gasteiger partial charge in [0.15, 0.2) is 0 Å². The van der Waals surface area contributed by atoms with Gasteiger partial charge in [0.05, 0.1) is 6.21 Å². The topological polar surface area (TPSA) is 107 Å². The first-order valence-corrected chi connectivity index (χ1v) is 9.23. The number of para-hydroxylation sites is 3. The monoisotopic (exact) mass is 397 g/mol. The van der Waals surface area contributed by atoms with Gasteiger partial charge in [0.1, 0.15) is 5.75 Å². The van der Waals surface area contributed by atoms with Gasteiger partial charge >= 0.3 is 0 Å². The zero-order valence-electron chi connectivity index (χ0n) is 15.9. The van der Waals surface area contributed by atoms with Crippen molar-refractivity contribution < 1.29 is 5.11 Å². The molecule has 0 unspecified atom stereocenters. The van der Waals surface area contributed by atoms with E-state index < -0.39 is 0 Å². The second-order valence-corrected chi connectivity index (χ2v) is 6.22. The minimum atomic E-state index is 0.136. The maximum absolute atomic E-state index is 9.84. The number of hydrogen-bond donors (Lipinski definition) is 4. The van der Waals surface area contributed by atoms with Crippen LogP contribution in [0.15, 0.2) is 90.0 Å². The first kappa shape index (κ1) is 18.9. The van der Waals surface area contributed by atoms with Gasteiger partial charge in [-0.15, -0.1) is 0 Å². The van der Waals surface area contributed by atoms with Gasteiger partial charge in [-0.3, -0.25) is 0 Å². The minimum absolute atomic E-state index is 0.136. The van der Waals surface area contributed by atoms with E-state index in [1.807, 2.05) is 66.7 Å². The Kier molecular flexibility index (Phi) is 5.76. The highest BCUT2D eigenvalue weighted by atomic mass is 16.3. The summed E-state index contributed by atoms with van der Waals surface area (Å²) in [6.45, 7) is 0.